The number of anilines is 1. The number of nitrogens with one attached hydrogen (secondary N) is 2. The summed E-state index contributed by atoms with van der Waals surface area (Å²) in [6.07, 6.45) is 1.74. The molecule has 110 valence electrons. The van der Waals surface area contributed by atoms with E-state index in [-0.39, 0.29) is 18.4 Å². The number of amides is 2. The van der Waals surface area contributed by atoms with E-state index in [4.69, 9.17) is 5.11 Å². The summed E-state index contributed by atoms with van der Waals surface area (Å²) in [7, 11) is 0. The van der Waals surface area contributed by atoms with Gasteiger partial charge in [-0.15, -0.1) is 0 Å². The molecule has 6 nitrogen and oxygen atoms in total. The zero-order chi connectivity index (χ0) is 15.2. The first-order valence-corrected chi connectivity index (χ1v) is 6.66. The van der Waals surface area contributed by atoms with Crippen molar-refractivity contribution in [1.29, 1.82) is 0 Å². The van der Waals surface area contributed by atoms with E-state index in [2.05, 4.69) is 15.6 Å². The summed E-state index contributed by atoms with van der Waals surface area (Å²) < 4.78 is 0. The molecule has 2 rings (SSSR count). The van der Waals surface area contributed by atoms with E-state index < -0.39 is 5.97 Å². The molecule has 2 aromatic rings. The van der Waals surface area contributed by atoms with Crippen LogP contribution in [0.5, 0.6) is 0 Å². The molecule has 0 aliphatic carbocycles. The Morgan fingerprint density at radius 2 is 2.14 bits per heavy atom. The highest BCUT2D eigenvalue weighted by atomic mass is 16.4. The van der Waals surface area contributed by atoms with Crippen LogP contribution in [0.15, 0.2) is 36.5 Å². The van der Waals surface area contributed by atoms with Gasteiger partial charge in [0.15, 0.2) is 0 Å². The molecule has 1 heterocycles. The molecule has 0 saturated heterocycles. The number of urea groups is 1. The Hall–Kier alpha value is -2.63. The highest BCUT2D eigenvalue weighted by Gasteiger charge is 2.09. The summed E-state index contributed by atoms with van der Waals surface area (Å²) in [6, 6.07) is 8.84. The molecule has 1 aromatic carbocycles. The number of hydrogen-bond acceptors (Lipinski definition) is 3. The molecule has 0 saturated carbocycles. The fourth-order valence-electron chi connectivity index (χ4n) is 1.97. The summed E-state index contributed by atoms with van der Waals surface area (Å²) >= 11 is 0. The molecule has 0 spiro atoms. The van der Waals surface area contributed by atoms with E-state index in [1.807, 2.05) is 24.3 Å². The van der Waals surface area contributed by atoms with Crippen LogP contribution in [0.25, 0.3) is 10.9 Å². The maximum atomic E-state index is 11.8. The second-order valence-corrected chi connectivity index (χ2v) is 4.95. The summed E-state index contributed by atoms with van der Waals surface area (Å²) in [5.74, 6) is -0.985. The third-order valence-corrected chi connectivity index (χ3v) is 3.00. The summed E-state index contributed by atoms with van der Waals surface area (Å²) in [6.45, 7) is 2.09. The zero-order valence-corrected chi connectivity index (χ0v) is 11.7. The number of carboxylic acids is 1. The molecule has 21 heavy (non-hydrogen) atoms. The molecule has 1 atom stereocenters. The van der Waals surface area contributed by atoms with Crippen LogP contribution in [-0.2, 0) is 4.79 Å². The standard InChI is InChI=1S/C15H17N3O3/c1-10(7-14(19)20)9-17-15(21)18-12-4-5-13-11(8-12)3-2-6-16-13/h2-6,8,10H,7,9H2,1H3,(H,19,20)(H2,17,18,21). The van der Waals surface area contributed by atoms with Crippen LogP contribution < -0.4 is 10.6 Å². The Morgan fingerprint density at radius 3 is 2.90 bits per heavy atom. The van der Waals surface area contributed by atoms with Gasteiger partial charge in [-0.05, 0) is 30.2 Å². The Balaban J connectivity index is 1.90. The largest absolute Gasteiger partial charge is 0.481 e. The SMILES string of the molecule is CC(CNC(=O)Nc1ccc2ncccc2c1)CC(=O)O. The first kappa shape index (κ1) is 14.8. The van der Waals surface area contributed by atoms with Gasteiger partial charge in [0, 0.05) is 30.2 Å². The molecule has 1 unspecified atom stereocenters. The highest BCUT2D eigenvalue weighted by molar-refractivity contribution is 5.92. The number of carbonyl (C=O) groups is 2. The van der Waals surface area contributed by atoms with Gasteiger partial charge in [-0.2, -0.15) is 0 Å². The molecule has 0 aliphatic rings. The first-order valence-electron chi connectivity index (χ1n) is 6.66. The number of carboxylic acid groups (broad SMARTS) is 1. The maximum Gasteiger partial charge on any atom is 0.319 e. The number of aromatic nitrogens is 1. The first-order chi connectivity index (χ1) is 10.0. The lowest BCUT2D eigenvalue weighted by molar-refractivity contribution is -0.137. The van der Waals surface area contributed by atoms with Gasteiger partial charge in [0.2, 0.25) is 0 Å². The molecule has 0 aliphatic heterocycles. The van der Waals surface area contributed by atoms with Crippen molar-refractivity contribution >= 4 is 28.6 Å². The van der Waals surface area contributed by atoms with E-state index in [0.29, 0.717) is 12.2 Å². The predicted molar refractivity (Wildman–Crippen MR) is 80.2 cm³/mol. The third kappa shape index (κ3) is 4.45. The van der Waals surface area contributed by atoms with Gasteiger partial charge in [0.05, 0.1) is 5.52 Å². The number of benzene rings is 1. The number of nitrogens with zero attached hydrogens (tertiary/aromatic N) is 1. The predicted octanol–water partition coefficient (Wildman–Crippen LogP) is 2.47. The summed E-state index contributed by atoms with van der Waals surface area (Å²) in [5.41, 5.74) is 1.53. The van der Waals surface area contributed by atoms with E-state index in [9.17, 15) is 9.59 Å². The van der Waals surface area contributed by atoms with Gasteiger partial charge < -0.3 is 15.7 Å². The molecular weight excluding hydrogens is 270 g/mol. The van der Waals surface area contributed by atoms with Crippen LogP contribution in [0.4, 0.5) is 10.5 Å². The molecule has 3 N–H and O–H groups in total. The van der Waals surface area contributed by atoms with Crippen LogP contribution in [0.3, 0.4) is 0 Å². The Kier molecular flexibility index (Phi) is 4.71. The van der Waals surface area contributed by atoms with Crippen molar-refractivity contribution in [3.8, 4) is 0 Å². The van der Waals surface area contributed by atoms with Crippen LogP contribution in [-0.4, -0.2) is 28.6 Å². The van der Waals surface area contributed by atoms with E-state index in [1.54, 1.807) is 19.2 Å². The van der Waals surface area contributed by atoms with Crippen LogP contribution >= 0.6 is 0 Å². The van der Waals surface area contributed by atoms with Crippen molar-refractivity contribution < 1.29 is 14.7 Å². The number of hydrogen-bond donors (Lipinski definition) is 3. The van der Waals surface area contributed by atoms with Crippen LogP contribution in [0, 0.1) is 5.92 Å². The molecule has 0 bridgehead atoms. The molecule has 2 amide bonds. The summed E-state index contributed by atoms with van der Waals surface area (Å²) in [5, 5.41) is 15.0. The van der Waals surface area contributed by atoms with Crippen LogP contribution in [0.2, 0.25) is 0 Å². The number of carbonyl (C=O) groups excluding carboxylic acids is 1. The molecule has 6 heteroatoms. The maximum absolute atomic E-state index is 11.8. The Morgan fingerprint density at radius 1 is 1.33 bits per heavy atom. The normalized spacial score (nSPS) is 11.9. The van der Waals surface area contributed by atoms with Crippen molar-refractivity contribution in [3.05, 3.63) is 36.5 Å². The smallest absolute Gasteiger partial charge is 0.319 e. The van der Waals surface area contributed by atoms with Gasteiger partial charge in [-0.1, -0.05) is 13.0 Å². The minimum Gasteiger partial charge on any atom is -0.481 e. The Bertz CT molecular complexity index is 657. The lowest BCUT2D eigenvalue weighted by Crippen LogP contribution is -2.32. The number of pyridine rings is 1. The zero-order valence-electron chi connectivity index (χ0n) is 11.7. The van der Waals surface area contributed by atoms with Crippen molar-refractivity contribution in [3.63, 3.8) is 0 Å². The highest BCUT2D eigenvalue weighted by Crippen LogP contribution is 2.16. The van der Waals surface area contributed by atoms with E-state index >= 15 is 0 Å². The molecule has 0 radical (unpaired) electrons. The number of aliphatic carboxylic acids is 1. The number of rotatable bonds is 5. The van der Waals surface area contributed by atoms with Crippen molar-refractivity contribution in [2.45, 2.75) is 13.3 Å². The number of fused-ring (bicyclic) bond motifs is 1. The van der Waals surface area contributed by atoms with Crippen molar-refractivity contribution in [2.24, 2.45) is 5.92 Å². The van der Waals surface area contributed by atoms with Gasteiger partial charge in [0.25, 0.3) is 0 Å². The third-order valence-electron chi connectivity index (χ3n) is 3.00. The van der Waals surface area contributed by atoms with Gasteiger partial charge in [0.1, 0.15) is 0 Å². The van der Waals surface area contributed by atoms with Gasteiger partial charge >= 0.3 is 12.0 Å². The fourth-order valence-corrected chi connectivity index (χ4v) is 1.97. The fraction of sp³-hybridized carbons (Fsp3) is 0.267. The van der Waals surface area contributed by atoms with Crippen LogP contribution in [0.1, 0.15) is 13.3 Å². The lowest BCUT2D eigenvalue weighted by Gasteiger charge is -2.11. The monoisotopic (exact) mass is 287 g/mol. The van der Waals surface area contributed by atoms with Gasteiger partial charge in [-0.25, -0.2) is 4.79 Å². The second-order valence-electron chi connectivity index (χ2n) is 4.95. The average molecular weight is 287 g/mol. The molecule has 1 aromatic heterocycles. The topological polar surface area (TPSA) is 91.3 Å². The van der Waals surface area contributed by atoms with Crippen molar-refractivity contribution in [1.82, 2.24) is 10.3 Å². The minimum atomic E-state index is -0.869. The molecule has 0 fully saturated rings. The average Bonchev–Trinajstić information content (AvgIpc) is 2.44. The minimum absolute atomic E-state index is 0.0297. The molecular formula is C15H17N3O3. The lowest BCUT2D eigenvalue weighted by atomic mass is 10.1. The summed E-state index contributed by atoms with van der Waals surface area (Å²) in [4.78, 5) is 26.5. The van der Waals surface area contributed by atoms with E-state index in [0.717, 1.165) is 10.9 Å². The Labute approximate surface area is 122 Å². The van der Waals surface area contributed by atoms with Crippen molar-refractivity contribution in [2.75, 3.05) is 11.9 Å². The van der Waals surface area contributed by atoms with Gasteiger partial charge in [-0.3, -0.25) is 9.78 Å². The van der Waals surface area contributed by atoms with E-state index in [1.165, 1.54) is 0 Å². The second kappa shape index (κ2) is 6.69. The quantitative estimate of drug-likeness (QED) is 0.787.